The fourth-order valence-electron chi connectivity index (χ4n) is 1.05. The molecule has 4 nitrogen and oxygen atoms in total. The minimum absolute atomic E-state index is 0.264. The zero-order valence-corrected chi connectivity index (χ0v) is 8.03. The van der Waals surface area contributed by atoms with Crippen molar-refractivity contribution < 1.29 is 0 Å². The van der Waals surface area contributed by atoms with Crippen molar-refractivity contribution >= 4 is 5.82 Å². The lowest BCUT2D eigenvalue weighted by atomic mass is 10.1. The summed E-state index contributed by atoms with van der Waals surface area (Å²) in [6.45, 7) is 4.91. The van der Waals surface area contributed by atoms with E-state index in [0.717, 1.165) is 6.42 Å². The highest BCUT2D eigenvalue weighted by atomic mass is 16.1. The maximum Gasteiger partial charge on any atom is 0.349 e. The Labute approximate surface area is 77.4 Å². The summed E-state index contributed by atoms with van der Waals surface area (Å²) in [5.74, 6) is 0.772. The Hall–Kier alpha value is -1.32. The molecule has 0 aliphatic carbocycles. The van der Waals surface area contributed by atoms with Gasteiger partial charge in [-0.15, -0.1) is 0 Å². The summed E-state index contributed by atoms with van der Waals surface area (Å²) in [4.78, 5) is 14.9. The number of nitrogen functional groups attached to an aromatic ring is 1. The topological polar surface area (TPSA) is 60.9 Å². The van der Waals surface area contributed by atoms with Crippen molar-refractivity contribution in [3.05, 3.63) is 22.7 Å². The third kappa shape index (κ3) is 2.57. The molecule has 1 atom stereocenters. The molecule has 0 bridgehead atoms. The van der Waals surface area contributed by atoms with Gasteiger partial charge in [0.1, 0.15) is 5.82 Å². The Bertz CT molecular complexity index is 332. The second-order valence-corrected chi connectivity index (χ2v) is 3.30. The average molecular weight is 181 g/mol. The van der Waals surface area contributed by atoms with Crippen LogP contribution in [0.1, 0.15) is 20.3 Å². The molecule has 1 rings (SSSR count). The largest absolute Gasteiger partial charge is 0.383 e. The van der Waals surface area contributed by atoms with Crippen molar-refractivity contribution in [3.8, 4) is 0 Å². The van der Waals surface area contributed by atoms with Gasteiger partial charge in [0, 0.05) is 12.7 Å². The summed E-state index contributed by atoms with van der Waals surface area (Å²) in [6.07, 6.45) is 2.74. The fourth-order valence-corrected chi connectivity index (χ4v) is 1.05. The highest BCUT2D eigenvalue weighted by Gasteiger charge is 2.02. The van der Waals surface area contributed by atoms with Gasteiger partial charge in [0.2, 0.25) is 0 Å². The van der Waals surface area contributed by atoms with Crippen molar-refractivity contribution in [1.29, 1.82) is 0 Å². The molecule has 1 heterocycles. The smallest absolute Gasteiger partial charge is 0.349 e. The van der Waals surface area contributed by atoms with Gasteiger partial charge in [-0.05, 0) is 12.0 Å². The molecule has 0 amide bonds. The number of anilines is 1. The maximum atomic E-state index is 11.3. The van der Waals surface area contributed by atoms with E-state index in [1.165, 1.54) is 0 Å². The molecule has 0 saturated heterocycles. The van der Waals surface area contributed by atoms with Gasteiger partial charge in [-0.3, -0.25) is 4.57 Å². The van der Waals surface area contributed by atoms with E-state index < -0.39 is 0 Å². The molecule has 13 heavy (non-hydrogen) atoms. The van der Waals surface area contributed by atoms with Crippen molar-refractivity contribution in [2.45, 2.75) is 26.8 Å². The average Bonchev–Trinajstić information content (AvgIpc) is 2.09. The SMILES string of the molecule is CC[C@H](C)Cn1ccc(N)nc1=O. The van der Waals surface area contributed by atoms with E-state index in [9.17, 15) is 4.79 Å². The predicted octanol–water partition coefficient (Wildman–Crippen LogP) is 0.872. The van der Waals surface area contributed by atoms with Crippen LogP contribution in [0.15, 0.2) is 17.1 Å². The van der Waals surface area contributed by atoms with Crippen LogP contribution < -0.4 is 11.4 Å². The van der Waals surface area contributed by atoms with E-state index in [1.54, 1.807) is 16.8 Å². The van der Waals surface area contributed by atoms with Crippen LogP contribution in [0.25, 0.3) is 0 Å². The first kappa shape index (κ1) is 9.77. The molecule has 0 unspecified atom stereocenters. The van der Waals surface area contributed by atoms with Gasteiger partial charge in [-0.1, -0.05) is 20.3 Å². The minimum Gasteiger partial charge on any atom is -0.383 e. The summed E-state index contributed by atoms with van der Waals surface area (Å²) in [7, 11) is 0. The van der Waals surface area contributed by atoms with Crippen LogP contribution >= 0.6 is 0 Å². The second kappa shape index (κ2) is 4.07. The Kier molecular flexibility index (Phi) is 3.06. The Morgan fingerprint density at radius 1 is 1.69 bits per heavy atom. The third-order valence-corrected chi connectivity index (χ3v) is 2.10. The standard InChI is InChI=1S/C9H15N3O/c1-3-7(2)6-12-5-4-8(10)11-9(12)13/h4-5,7H,3,6H2,1-2H3,(H2,10,11,13)/t7-/m0/s1. The Balaban J connectivity index is 2.84. The molecule has 0 spiro atoms. The van der Waals surface area contributed by atoms with Crippen LogP contribution in [-0.4, -0.2) is 9.55 Å². The summed E-state index contributed by atoms with van der Waals surface area (Å²) < 4.78 is 1.59. The number of nitrogens with zero attached hydrogens (tertiary/aromatic N) is 2. The molecule has 1 aromatic rings. The molecule has 0 fully saturated rings. The van der Waals surface area contributed by atoms with Gasteiger partial charge in [0.15, 0.2) is 0 Å². The van der Waals surface area contributed by atoms with E-state index in [1.807, 2.05) is 0 Å². The van der Waals surface area contributed by atoms with Crippen LogP contribution in [0.2, 0.25) is 0 Å². The van der Waals surface area contributed by atoms with Crippen molar-refractivity contribution in [2.75, 3.05) is 5.73 Å². The Morgan fingerprint density at radius 3 is 2.92 bits per heavy atom. The number of hydrogen-bond donors (Lipinski definition) is 1. The number of aromatic nitrogens is 2. The normalized spacial score (nSPS) is 12.8. The highest BCUT2D eigenvalue weighted by Crippen LogP contribution is 2.02. The molecule has 72 valence electrons. The van der Waals surface area contributed by atoms with Gasteiger partial charge in [-0.2, -0.15) is 4.98 Å². The van der Waals surface area contributed by atoms with Gasteiger partial charge < -0.3 is 5.73 Å². The minimum atomic E-state index is -0.264. The summed E-state index contributed by atoms with van der Waals surface area (Å²) in [5, 5.41) is 0. The van der Waals surface area contributed by atoms with Crippen molar-refractivity contribution in [1.82, 2.24) is 9.55 Å². The molecule has 0 aliphatic rings. The quantitative estimate of drug-likeness (QED) is 0.752. The summed E-state index contributed by atoms with van der Waals surface area (Å²) >= 11 is 0. The molecule has 0 aliphatic heterocycles. The lowest BCUT2D eigenvalue weighted by molar-refractivity contribution is 0.455. The molecule has 2 N–H and O–H groups in total. The van der Waals surface area contributed by atoms with Crippen LogP contribution in [0.4, 0.5) is 5.82 Å². The van der Waals surface area contributed by atoms with Gasteiger partial charge in [-0.25, -0.2) is 4.79 Å². The van der Waals surface area contributed by atoms with E-state index in [0.29, 0.717) is 12.5 Å². The molecule has 0 saturated carbocycles. The van der Waals surface area contributed by atoms with Crippen molar-refractivity contribution in [2.24, 2.45) is 5.92 Å². The fraction of sp³-hybridized carbons (Fsp3) is 0.556. The van der Waals surface area contributed by atoms with Gasteiger partial charge in [0.05, 0.1) is 0 Å². The first-order valence-corrected chi connectivity index (χ1v) is 4.46. The monoisotopic (exact) mass is 181 g/mol. The lowest BCUT2D eigenvalue weighted by Crippen LogP contribution is -2.25. The van der Waals surface area contributed by atoms with E-state index in [-0.39, 0.29) is 11.5 Å². The maximum absolute atomic E-state index is 11.3. The third-order valence-electron chi connectivity index (χ3n) is 2.10. The lowest BCUT2D eigenvalue weighted by Gasteiger charge is -2.09. The van der Waals surface area contributed by atoms with Crippen LogP contribution in [0.5, 0.6) is 0 Å². The molecular weight excluding hydrogens is 166 g/mol. The van der Waals surface area contributed by atoms with Crippen LogP contribution in [0, 0.1) is 5.92 Å². The van der Waals surface area contributed by atoms with E-state index in [2.05, 4.69) is 18.8 Å². The number of hydrogen-bond acceptors (Lipinski definition) is 3. The predicted molar refractivity (Wildman–Crippen MR) is 52.4 cm³/mol. The zero-order chi connectivity index (χ0) is 9.84. The zero-order valence-electron chi connectivity index (χ0n) is 8.03. The molecule has 4 heteroatoms. The van der Waals surface area contributed by atoms with E-state index >= 15 is 0 Å². The Morgan fingerprint density at radius 2 is 2.38 bits per heavy atom. The molecule has 0 aromatic carbocycles. The molecule has 1 aromatic heterocycles. The first-order valence-electron chi connectivity index (χ1n) is 4.46. The molecular formula is C9H15N3O. The molecule has 0 radical (unpaired) electrons. The van der Waals surface area contributed by atoms with Crippen molar-refractivity contribution in [3.63, 3.8) is 0 Å². The summed E-state index contributed by atoms with van der Waals surface area (Å²) in [6, 6.07) is 1.64. The second-order valence-electron chi connectivity index (χ2n) is 3.30. The van der Waals surface area contributed by atoms with E-state index in [4.69, 9.17) is 5.73 Å². The highest BCUT2D eigenvalue weighted by molar-refractivity contribution is 5.23. The van der Waals surface area contributed by atoms with Gasteiger partial charge >= 0.3 is 5.69 Å². The van der Waals surface area contributed by atoms with Crippen LogP contribution in [0.3, 0.4) is 0 Å². The number of rotatable bonds is 3. The first-order chi connectivity index (χ1) is 6.13. The van der Waals surface area contributed by atoms with Gasteiger partial charge in [0.25, 0.3) is 0 Å². The number of nitrogens with two attached hydrogens (primary N) is 1. The summed E-state index contributed by atoms with van der Waals surface area (Å²) in [5.41, 5.74) is 5.10. The van der Waals surface area contributed by atoms with Crippen LogP contribution in [-0.2, 0) is 6.54 Å².